The van der Waals surface area contributed by atoms with Crippen molar-refractivity contribution in [3.63, 3.8) is 0 Å². The molecule has 6 heterocycles. The molecule has 192 valence electrons. The van der Waals surface area contributed by atoms with Crippen molar-refractivity contribution in [2.24, 2.45) is 12.5 Å². The normalized spacial score (nSPS) is 22.2. The molecular weight excluding hydrogens is 484 g/mol. The first kappa shape index (κ1) is 23.8. The molecule has 9 nitrogen and oxygen atoms in total. The van der Waals surface area contributed by atoms with Gasteiger partial charge in [-0.05, 0) is 50.7 Å². The molecule has 0 radical (unpaired) electrons. The minimum absolute atomic E-state index is 0.251. The minimum Gasteiger partial charge on any atom is -0.353 e. The van der Waals surface area contributed by atoms with E-state index in [0.29, 0.717) is 37.8 Å². The number of hydrogen-bond acceptors (Lipinski definition) is 9. The monoisotopic (exact) mass is 515 g/mol. The third-order valence-corrected chi connectivity index (χ3v) is 8.61. The molecular formula is C24H31F2N9S. The number of halogens is 2. The summed E-state index contributed by atoms with van der Waals surface area (Å²) in [6.45, 7) is 4.80. The van der Waals surface area contributed by atoms with Crippen LogP contribution in [0.4, 0.5) is 20.5 Å². The maximum Gasteiger partial charge on any atom is 0.269 e. The maximum absolute atomic E-state index is 14.7. The third-order valence-electron chi connectivity index (χ3n) is 7.57. The second-order valence-electron chi connectivity index (χ2n) is 10.3. The van der Waals surface area contributed by atoms with E-state index in [4.69, 9.17) is 9.97 Å². The van der Waals surface area contributed by atoms with Crippen LogP contribution >= 0.6 is 11.9 Å². The number of nitrogens with one attached hydrogen (secondary N) is 2. The summed E-state index contributed by atoms with van der Waals surface area (Å²) in [5.41, 5.74) is 0.569. The fourth-order valence-corrected chi connectivity index (χ4v) is 6.46. The maximum atomic E-state index is 14.7. The smallest absolute Gasteiger partial charge is 0.269 e. The second kappa shape index (κ2) is 9.07. The van der Waals surface area contributed by atoms with Gasteiger partial charge in [0, 0.05) is 62.7 Å². The Morgan fingerprint density at radius 3 is 2.69 bits per heavy atom. The zero-order valence-electron chi connectivity index (χ0n) is 20.5. The highest BCUT2D eigenvalue weighted by atomic mass is 32.2. The van der Waals surface area contributed by atoms with Gasteiger partial charge in [0.1, 0.15) is 5.52 Å². The molecule has 3 aliphatic heterocycles. The predicted molar refractivity (Wildman–Crippen MR) is 136 cm³/mol. The summed E-state index contributed by atoms with van der Waals surface area (Å²) in [5, 5.41) is 11.4. The van der Waals surface area contributed by atoms with E-state index in [-0.39, 0.29) is 12.6 Å². The molecule has 0 aliphatic carbocycles. The Labute approximate surface area is 213 Å². The molecule has 2 N–H and O–H groups in total. The summed E-state index contributed by atoms with van der Waals surface area (Å²) < 4.78 is 33.6. The lowest BCUT2D eigenvalue weighted by Gasteiger charge is -2.56. The van der Waals surface area contributed by atoms with E-state index < -0.39 is 11.3 Å². The molecule has 3 saturated heterocycles. The number of rotatable bonds is 5. The first-order valence-electron chi connectivity index (χ1n) is 12.5. The van der Waals surface area contributed by atoms with E-state index in [9.17, 15) is 8.78 Å². The van der Waals surface area contributed by atoms with Crippen LogP contribution < -0.4 is 15.5 Å². The Kier molecular flexibility index (Phi) is 6.00. The Hall–Kier alpha value is -2.57. The van der Waals surface area contributed by atoms with Crippen molar-refractivity contribution in [2.75, 3.05) is 49.5 Å². The lowest BCUT2D eigenvalue weighted by Crippen LogP contribution is -2.70. The van der Waals surface area contributed by atoms with Crippen molar-refractivity contribution >= 4 is 34.6 Å². The fourth-order valence-electron chi connectivity index (χ4n) is 5.48. The lowest BCUT2D eigenvalue weighted by molar-refractivity contribution is -0.151. The van der Waals surface area contributed by atoms with Gasteiger partial charge in [-0.15, -0.1) is 0 Å². The molecule has 0 unspecified atom stereocenters. The number of anilines is 2. The van der Waals surface area contributed by atoms with Crippen LogP contribution in [-0.2, 0) is 7.05 Å². The molecule has 6 rings (SSSR count). The van der Waals surface area contributed by atoms with Crippen molar-refractivity contribution in [3.05, 3.63) is 30.4 Å². The van der Waals surface area contributed by atoms with Crippen LogP contribution in [-0.4, -0.2) is 80.3 Å². The Balaban J connectivity index is 1.15. The summed E-state index contributed by atoms with van der Waals surface area (Å²) >= 11 is 1.74. The van der Waals surface area contributed by atoms with Gasteiger partial charge in [0.2, 0.25) is 5.95 Å². The van der Waals surface area contributed by atoms with Crippen LogP contribution in [0.25, 0.3) is 10.9 Å². The molecule has 0 aromatic carbocycles. The zero-order chi connectivity index (χ0) is 24.9. The Morgan fingerprint density at radius 2 is 1.97 bits per heavy atom. The van der Waals surface area contributed by atoms with E-state index in [1.165, 1.54) is 0 Å². The van der Waals surface area contributed by atoms with Crippen molar-refractivity contribution in [1.82, 2.24) is 34.4 Å². The van der Waals surface area contributed by atoms with Crippen LogP contribution in [0.15, 0.2) is 29.6 Å². The Bertz CT molecular complexity index is 1250. The van der Waals surface area contributed by atoms with Gasteiger partial charge in [-0.1, -0.05) is 0 Å². The lowest BCUT2D eigenvalue weighted by atomic mass is 9.69. The number of nitrogens with zero attached hydrogens (tertiary/aromatic N) is 7. The van der Waals surface area contributed by atoms with Crippen LogP contribution in [0.3, 0.4) is 0 Å². The zero-order valence-corrected chi connectivity index (χ0v) is 21.4. The van der Waals surface area contributed by atoms with E-state index in [1.807, 2.05) is 48.2 Å². The SMILES string of the molecule is Cc1cc2cnc(NC3CCN(Sc4cnn(C)c4)CC3)nc2c(N2CC3(CCNCC3(F)F)C2)n1. The predicted octanol–water partition coefficient (Wildman–Crippen LogP) is 3.09. The highest BCUT2D eigenvalue weighted by molar-refractivity contribution is 7.97. The topological polar surface area (TPSA) is 87.0 Å². The third kappa shape index (κ3) is 4.39. The number of aromatic nitrogens is 5. The number of hydrogen-bond donors (Lipinski definition) is 2. The minimum atomic E-state index is -2.72. The van der Waals surface area contributed by atoms with E-state index in [0.717, 1.165) is 47.4 Å². The van der Waals surface area contributed by atoms with Crippen molar-refractivity contribution in [1.29, 1.82) is 0 Å². The highest BCUT2D eigenvalue weighted by Gasteiger charge is 2.61. The van der Waals surface area contributed by atoms with E-state index >= 15 is 0 Å². The second-order valence-corrected chi connectivity index (χ2v) is 11.4. The molecule has 3 aromatic heterocycles. The molecule has 1 spiro atoms. The molecule has 12 heteroatoms. The van der Waals surface area contributed by atoms with Crippen LogP contribution in [0.1, 0.15) is 25.0 Å². The first-order valence-corrected chi connectivity index (χ1v) is 13.2. The largest absolute Gasteiger partial charge is 0.353 e. The van der Waals surface area contributed by atoms with Gasteiger partial charge < -0.3 is 15.5 Å². The standard InChI is InChI=1S/C24H31F2N9S/c1-16-9-17-10-28-22(31-18-3-7-35(8-4-18)36-19-11-29-33(2)12-19)32-20(17)21(30-16)34-14-23(15-34)5-6-27-13-24(23,25)26/h9-12,18,27H,3-8,13-15H2,1-2H3,(H,28,31,32). The van der Waals surface area contributed by atoms with Crippen LogP contribution in [0, 0.1) is 12.3 Å². The summed E-state index contributed by atoms with van der Waals surface area (Å²) in [4.78, 5) is 17.2. The molecule has 0 atom stereocenters. The van der Waals surface area contributed by atoms with Crippen LogP contribution in [0.2, 0.25) is 0 Å². The molecule has 0 amide bonds. The average Bonchev–Trinajstić information content (AvgIpc) is 3.23. The number of alkyl halides is 2. The van der Waals surface area contributed by atoms with Crippen molar-refractivity contribution < 1.29 is 8.78 Å². The number of aryl methyl sites for hydroxylation is 2. The number of fused-ring (bicyclic) bond motifs is 1. The summed E-state index contributed by atoms with van der Waals surface area (Å²) in [6, 6.07) is 2.22. The molecule has 3 aliphatic rings. The van der Waals surface area contributed by atoms with Gasteiger partial charge in [0.05, 0.1) is 23.1 Å². The van der Waals surface area contributed by atoms with Gasteiger partial charge in [0.15, 0.2) is 5.82 Å². The number of piperidine rings is 2. The van der Waals surface area contributed by atoms with Gasteiger partial charge in [0.25, 0.3) is 5.92 Å². The molecule has 3 fully saturated rings. The first-order chi connectivity index (χ1) is 17.3. The average molecular weight is 516 g/mol. The highest BCUT2D eigenvalue weighted by Crippen LogP contribution is 2.50. The van der Waals surface area contributed by atoms with Crippen LogP contribution in [0.5, 0.6) is 0 Å². The Morgan fingerprint density at radius 1 is 1.17 bits per heavy atom. The molecule has 0 saturated carbocycles. The summed E-state index contributed by atoms with van der Waals surface area (Å²) in [7, 11) is 1.93. The summed E-state index contributed by atoms with van der Waals surface area (Å²) in [6.07, 6.45) is 8.15. The van der Waals surface area contributed by atoms with E-state index in [1.54, 1.807) is 11.9 Å². The molecule has 3 aromatic rings. The number of pyridine rings is 1. The van der Waals surface area contributed by atoms with E-state index in [2.05, 4.69) is 25.0 Å². The van der Waals surface area contributed by atoms with Crippen molar-refractivity contribution in [2.45, 2.75) is 43.0 Å². The van der Waals surface area contributed by atoms with Gasteiger partial charge in [-0.3, -0.25) is 4.68 Å². The van der Waals surface area contributed by atoms with Gasteiger partial charge in [-0.25, -0.2) is 28.0 Å². The molecule has 36 heavy (non-hydrogen) atoms. The van der Waals surface area contributed by atoms with Gasteiger partial charge >= 0.3 is 0 Å². The van der Waals surface area contributed by atoms with Crippen molar-refractivity contribution in [3.8, 4) is 0 Å². The molecule has 0 bridgehead atoms. The van der Waals surface area contributed by atoms with Gasteiger partial charge in [-0.2, -0.15) is 5.10 Å². The quantitative estimate of drug-likeness (QED) is 0.498. The summed E-state index contributed by atoms with van der Waals surface area (Å²) in [5.74, 6) is -1.47. The fraction of sp³-hybridized carbons (Fsp3) is 0.583.